The van der Waals surface area contributed by atoms with Gasteiger partial charge in [0.1, 0.15) is 11.4 Å². The molecule has 1 aliphatic heterocycles. The van der Waals surface area contributed by atoms with Crippen molar-refractivity contribution in [2.24, 2.45) is 0 Å². The molecule has 1 saturated heterocycles. The lowest BCUT2D eigenvalue weighted by Gasteiger charge is -2.34. The maximum atomic E-state index is 13.3. The number of aromatic nitrogens is 2. The number of carbonyl (C=O) groups is 1. The lowest BCUT2D eigenvalue weighted by molar-refractivity contribution is 0.0634. The molecule has 1 aliphatic rings. The topological polar surface area (TPSA) is 54.5 Å². The van der Waals surface area contributed by atoms with E-state index in [2.05, 4.69) is 16.9 Å². The minimum atomic E-state index is -0.0454. The van der Waals surface area contributed by atoms with Crippen molar-refractivity contribution in [3.63, 3.8) is 0 Å². The van der Waals surface area contributed by atoms with E-state index in [0.29, 0.717) is 40.9 Å². The van der Waals surface area contributed by atoms with Crippen LogP contribution in [0.25, 0.3) is 17.1 Å². The summed E-state index contributed by atoms with van der Waals surface area (Å²) in [7, 11) is 0. The Balaban J connectivity index is 1.72. The van der Waals surface area contributed by atoms with Gasteiger partial charge in [-0.25, -0.2) is 4.68 Å². The fourth-order valence-electron chi connectivity index (χ4n) is 3.31. The van der Waals surface area contributed by atoms with Crippen molar-refractivity contribution >= 4 is 17.5 Å². The number of rotatable bonds is 4. The third kappa shape index (κ3) is 3.50. The van der Waals surface area contributed by atoms with Gasteiger partial charge in [0.25, 0.3) is 5.91 Å². The molecule has 0 bridgehead atoms. The van der Waals surface area contributed by atoms with E-state index in [9.17, 15) is 4.79 Å². The first-order chi connectivity index (χ1) is 13.2. The highest BCUT2D eigenvalue weighted by molar-refractivity contribution is 6.32. The molecule has 3 aromatic rings. The highest BCUT2D eigenvalue weighted by atomic mass is 35.5. The molecule has 140 valence electrons. The van der Waals surface area contributed by atoms with Gasteiger partial charge in [-0.1, -0.05) is 30.7 Å². The fraction of sp³-hybridized carbons (Fsp3) is 0.300. The zero-order valence-electron chi connectivity index (χ0n) is 15.1. The van der Waals surface area contributed by atoms with Crippen molar-refractivity contribution in [2.75, 3.05) is 32.7 Å². The molecule has 3 heterocycles. The standard InChI is InChI=1S/C20H21ClN4O2/c1-2-23-9-11-24(12-10-23)20(26)18-14-16(19-8-5-13-27-19)22-25(18)17-7-4-3-6-15(17)21/h3-8,13-14H,2,9-12H2,1H3. The van der Waals surface area contributed by atoms with Crippen LogP contribution in [0.2, 0.25) is 5.02 Å². The van der Waals surface area contributed by atoms with Gasteiger partial charge < -0.3 is 14.2 Å². The molecule has 0 spiro atoms. The van der Waals surface area contributed by atoms with Gasteiger partial charge in [0.2, 0.25) is 0 Å². The van der Waals surface area contributed by atoms with Crippen LogP contribution in [-0.2, 0) is 0 Å². The second-order valence-electron chi connectivity index (χ2n) is 6.48. The molecule has 0 atom stereocenters. The first-order valence-electron chi connectivity index (χ1n) is 9.08. The molecule has 0 N–H and O–H groups in total. The summed E-state index contributed by atoms with van der Waals surface area (Å²) in [5, 5.41) is 5.15. The summed E-state index contributed by atoms with van der Waals surface area (Å²) < 4.78 is 7.09. The number of hydrogen-bond donors (Lipinski definition) is 0. The third-order valence-electron chi connectivity index (χ3n) is 4.89. The van der Waals surface area contributed by atoms with Crippen molar-refractivity contribution in [3.05, 3.63) is 59.4 Å². The van der Waals surface area contributed by atoms with Crippen molar-refractivity contribution in [1.29, 1.82) is 0 Å². The summed E-state index contributed by atoms with van der Waals surface area (Å²) >= 11 is 6.38. The summed E-state index contributed by atoms with van der Waals surface area (Å²) in [5.74, 6) is 0.571. The molecule has 1 aromatic carbocycles. The predicted molar refractivity (Wildman–Crippen MR) is 104 cm³/mol. The van der Waals surface area contributed by atoms with Gasteiger partial charge in [-0.15, -0.1) is 0 Å². The summed E-state index contributed by atoms with van der Waals surface area (Å²) in [6.07, 6.45) is 1.59. The van der Waals surface area contributed by atoms with Crippen LogP contribution in [0.5, 0.6) is 0 Å². The number of piperazine rings is 1. The van der Waals surface area contributed by atoms with Crippen LogP contribution < -0.4 is 0 Å². The second-order valence-corrected chi connectivity index (χ2v) is 6.89. The van der Waals surface area contributed by atoms with Gasteiger partial charge in [0.05, 0.1) is 17.0 Å². The number of halogens is 1. The lowest BCUT2D eigenvalue weighted by atomic mass is 10.2. The fourth-order valence-corrected chi connectivity index (χ4v) is 3.53. The second kappa shape index (κ2) is 7.58. The van der Waals surface area contributed by atoms with Crippen molar-refractivity contribution in [1.82, 2.24) is 19.6 Å². The van der Waals surface area contributed by atoms with E-state index in [4.69, 9.17) is 16.0 Å². The molecule has 6 nitrogen and oxygen atoms in total. The van der Waals surface area contributed by atoms with E-state index in [-0.39, 0.29) is 5.91 Å². The average Bonchev–Trinajstić information content (AvgIpc) is 3.38. The van der Waals surface area contributed by atoms with Gasteiger partial charge >= 0.3 is 0 Å². The number of furan rings is 1. The largest absolute Gasteiger partial charge is 0.463 e. The van der Waals surface area contributed by atoms with Gasteiger partial charge in [-0.3, -0.25) is 4.79 Å². The maximum absolute atomic E-state index is 13.3. The van der Waals surface area contributed by atoms with Crippen molar-refractivity contribution in [2.45, 2.75) is 6.92 Å². The predicted octanol–water partition coefficient (Wildman–Crippen LogP) is 3.56. The molecule has 4 rings (SSSR count). The summed E-state index contributed by atoms with van der Waals surface area (Å²) in [5.41, 5.74) is 1.77. The molecule has 1 fully saturated rings. The van der Waals surface area contributed by atoms with Crippen LogP contribution in [0.4, 0.5) is 0 Å². The number of nitrogens with zero attached hydrogens (tertiary/aromatic N) is 4. The summed E-state index contributed by atoms with van der Waals surface area (Å²) in [6.45, 7) is 6.32. The Hall–Kier alpha value is -2.57. The minimum absolute atomic E-state index is 0.0454. The van der Waals surface area contributed by atoms with Crippen LogP contribution in [0.1, 0.15) is 17.4 Å². The molecule has 0 unspecified atom stereocenters. The number of carbonyl (C=O) groups excluding carboxylic acids is 1. The highest BCUT2D eigenvalue weighted by Crippen LogP contribution is 2.26. The van der Waals surface area contributed by atoms with Crippen LogP contribution >= 0.6 is 11.6 Å². The Morgan fingerprint density at radius 3 is 2.59 bits per heavy atom. The third-order valence-corrected chi connectivity index (χ3v) is 5.21. The van der Waals surface area contributed by atoms with Crippen molar-refractivity contribution < 1.29 is 9.21 Å². The smallest absolute Gasteiger partial charge is 0.272 e. The Kier molecular flexibility index (Phi) is 5.01. The van der Waals surface area contributed by atoms with E-state index in [1.807, 2.05) is 29.2 Å². The molecule has 27 heavy (non-hydrogen) atoms. The van der Waals surface area contributed by atoms with Gasteiger partial charge in [0, 0.05) is 32.2 Å². The van der Waals surface area contributed by atoms with Gasteiger partial charge in [-0.05, 0) is 30.8 Å². The monoisotopic (exact) mass is 384 g/mol. The van der Waals surface area contributed by atoms with E-state index >= 15 is 0 Å². The van der Waals surface area contributed by atoms with Crippen LogP contribution in [-0.4, -0.2) is 58.2 Å². The Labute approximate surface area is 162 Å². The molecular formula is C20H21ClN4O2. The first-order valence-corrected chi connectivity index (χ1v) is 9.45. The van der Waals surface area contributed by atoms with Crippen LogP contribution in [0, 0.1) is 0 Å². The number of likely N-dealkylation sites (N-methyl/N-ethyl adjacent to an activating group) is 1. The highest BCUT2D eigenvalue weighted by Gasteiger charge is 2.26. The Bertz CT molecular complexity index is 927. The summed E-state index contributed by atoms with van der Waals surface area (Å²) in [4.78, 5) is 17.5. The number of hydrogen-bond acceptors (Lipinski definition) is 4. The van der Waals surface area contributed by atoms with Gasteiger partial charge in [-0.2, -0.15) is 5.10 Å². The molecule has 0 radical (unpaired) electrons. The van der Waals surface area contributed by atoms with E-state index in [0.717, 1.165) is 19.6 Å². The van der Waals surface area contributed by atoms with E-state index < -0.39 is 0 Å². The van der Waals surface area contributed by atoms with E-state index in [1.54, 1.807) is 29.1 Å². The van der Waals surface area contributed by atoms with Gasteiger partial charge in [0.15, 0.2) is 5.76 Å². The maximum Gasteiger partial charge on any atom is 0.272 e. The molecule has 7 heteroatoms. The van der Waals surface area contributed by atoms with Crippen LogP contribution in [0.3, 0.4) is 0 Å². The van der Waals surface area contributed by atoms with Crippen molar-refractivity contribution in [3.8, 4) is 17.1 Å². The molecule has 0 aliphatic carbocycles. The Morgan fingerprint density at radius 2 is 1.93 bits per heavy atom. The number of amides is 1. The molecular weight excluding hydrogens is 364 g/mol. The lowest BCUT2D eigenvalue weighted by Crippen LogP contribution is -2.48. The first kappa shape index (κ1) is 17.8. The molecule has 2 aromatic heterocycles. The summed E-state index contributed by atoms with van der Waals surface area (Å²) in [6, 6.07) is 12.8. The van der Waals surface area contributed by atoms with Crippen LogP contribution in [0.15, 0.2) is 53.1 Å². The minimum Gasteiger partial charge on any atom is -0.463 e. The zero-order valence-corrected chi connectivity index (χ0v) is 15.9. The van der Waals surface area contributed by atoms with E-state index in [1.165, 1.54) is 0 Å². The zero-order chi connectivity index (χ0) is 18.8. The number of benzene rings is 1. The Morgan fingerprint density at radius 1 is 1.15 bits per heavy atom. The normalized spacial score (nSPS) is 15.3. The average molecular weight is 385 g/mol. The molecule has 1 amide bonds. The number of para-hydroxylation sites is 1. The quantitative estimate of drug-likeness (QED) is 0.690. The molecule has 0 saturated carbocycles. The SMILES string of the molecule is CCN1CCN(C(=O)c2cc(-c3ccco3)nn2-c2ccccc2Cl)CC1.